The van der Waals surface area contributed by atoms with Crippen LogP contribution in [0.25, 0.3) is 0 Å². The van der Waals surface area contributed by atoms with Gasteiger partial charge in [0.15, 0.2) is 33.1 Å². The largest absolute Gasteiger partial charge is 0.354 e. The molecule has 2 heterocycles. The zero-order valence-electron chi connectivity index (χ0n) is 13.1. The molecule has 0 amide bonds. The molecule has 134 valence electrons. The molecule has 7 nitrogen and oxygen atoms in total. The molecule has 11 heteroatoms. The van der Waals surface area contributed by atoms with Crippen LogP contribution in [-0.4, -0.2) is 48.2 Å². The Hall–Kier alpha value is -2.43. The van der Waals surface area contributed by atoms with E-state index in [2.05, 4.69) is 20.5 Å². The van der Waals surface area contributed by atoms with Gasteiger partial charge in [-0.05, 0) is 18.6 Å². The lowest BCUT2D eigenvalue weighted by Gasteiger charge is -2.24. The summed E-state index contributed by atoms with van der Waals surface area (Å²) in [6.45, 7) is 0. The van der Waals surface area contributed by atoms with Gasteiger partial charge in [-0.3, -0.25) is 0 Å². The Morgan fingerprint density at radius 3 is 2.68 bits per heavy atom. The van der Waals surface area contributed by atoms with E-state index in [1.807, 2.05) is 0 Å². The maximum absolute atomic E-state index is 13.7. The number of nitrogens with zero attached hydrogens (tertiary/aromatic N) is 4. The molecule has 1 aliphatic heterocycles. The minimum Gasteiger partial charge on any atom is -0.354 e. The van der Waals surface area contributed by atoms with Gasteiger partial charge in [-0.2, -0.15) is 10.1 Å². The maximum atomic E-state index is 13.7. The minimum absolute atomic E-state index is 0.00800. The molecule has 1 aliphatic rings. The summed E-state index contributed by atoms with van der Waals surface area (Å²) in [7, 11) is -1.41. The summed E-state index contributed by atoms with van der Waals surface area (Å²) in [6, 6.07) is 1.53. The van der Waals surface area contributed by atoms with Crippen LogP contribution in [0.4, 0.5) is 30.6 Å². The van der Waals surface area contributed by atoms with Crippen LogP contribution in [0.2, 0.25) is 0 Å². The van der Waals surface area contributed by atoms with Crippen molar-refractivity contribution in [3.63, 3.8) is 0 Å². The molecule has 1 saturated heterocycles. The van der Waals surface area contributed by atoms with Gasteiger partial charge in [-0.1, -0.05) is 0 Å². The zero-order chi connectivity index (χ0) is 18.2. The second kappa shape index (κ2) is 6.47. The van der Waals surface area contributed by atoms with Crippen LogP contribution in [0.1, 0.15) is 6.42 Å². The maximum Gasteiger partial charge on any atom is 0.249 e. The molecule has 25 heavy (non-hydrogen) atoms. The van der Waals surface area contributed by atoms with Gasteiger partial charge in [-0.15, -0.1) is 5.10 Å². The molecule has 1 aromatic heterocycles. The van der Waals surface area contributed by atoms with Gasteiger partial charge < -0.3 is 10.2 Å². The highest BCUT2D eigenvalue weighted by Gasteiger charge is 2.31. The summed E-state index contributed by atoms with van der Waals surface area (Å²) in [5, 5.41) is 9.82. The van der Waals surface area contributed by atoms with Crippen molar-refractivity contribution in [2.24, 2.45) is 0 Å². The van der Waals surface area contributed by atoms with Crippen molar-refractivity contribution < 1.29 is 21.6 Å². The normalized spacial score (nSPS) is 19.0. The third-order valence-corrected chi connectivity index (χ3v) is 5.70. The van der Waals surface area contributed by atoms with E-state index in [4.69, 9.17) is 0 Å². The molecule has 0 saturated carbocycles. The van der Waals surface area contributed by atoms with E-state index in [1.54, 1.807) is 11.9 Å². The zero-order valence-corrected chi connectivity index (χ0v) is 13.9. The number of nitrogens with one attached hydrogen (secondary N) is 1. The molecule has 1 aromatic carbocycles. The third-order valence-electron chi connectivity index (χ3n) is 3.95. The molecule has 1 N–H and O–H groups in total. The number of hydrogen-bond acceptors (Lipinski definition) is 7. The Morgan fingerprint density at radius 1 is 1.24 bits per heavy atom. The Balaban J connectivity index is 1.81. The van der Waals surface area contributed by atoms with Gasteiger partial charge in [-0.25, -0.2) is 21.6 Å². The van der Waals surface area contributed by atoms with Crippen molar-refractivity contribution in [2.75, 3.05) is 28.8 Å². The lowest BCUT2D eigenvalue weighted by atomic mass is 10.2. The standard InChI is InChI=1S/C14H14F3N5O2S/c1-22(8-4-5-25(23,24)7-8)11-6-18-21-14(20-11)19-10-3-2-9(15)12(16)13(10)17/h2-3,6,8H,4-5,7H2,1H3,(H,19,20,21). The number of halogens is 3. The fourth-order valence-electron chi connectivity index (χ4n) is 2.53. The van der Waals surface area contributed by atoms with Crippen LogP contribution in [0.15, 0.2) is 18.3 Å². The second-order valence-electron chi connectivity index (χ2n) is 5.65. The number of sulfone groups is 1. The molecule has 1 fully saturated rings. The molecule has 1 atom stereocenters. The predicted molar refractivity (Wildman–Crippen MR) is 84.9 cm³/mol. The number of anilines is 3. The highest BCUT2D eigenvalue weighted by molar-refractivity contribution is 7.91. The fourth-order valence-corrected chi connectivity index (χ4v) is 4.30. The van der Waals surface area contributed by atoms with Gasteiger partial charge in [0, 0.05) is 13.1 Å². The minimum atomic E-state index is -3.07. The molecule has 3 rings (SSSR count). The van der Waals surface area contributed by atoms with E-state index < -0.39 is 27.3 Å². The molecule has 0 spiro atoms. The number of hydrogen-bond donors (Lipinski definition) is 1. The SMILES string of the molecule is CN(c1cnnc(Nc2ccc(F)c(F)c2F)n1)C1CCS(=O)(=O)C1. The van der Waals surface area contributed by atoms with Gasteiger partial charge in [0.1, 0.15) is 0 Å². The summed E-state index contributed by atoms with van der Waals surface area (Å²) < 4.78 is 63.1. The molecule has 1 unspecified atom stereocenters. The molecule has 0 bridgehead atoms. The van der Waals surface area contributed by atoms with E-state index in [0.29, 0.717) is 12.2 Å². The highest BCUT2D eigenvalue weighted by Crippen LogP contribution is 2.24. The first-order valence-electron chi connectivity index (χ1n) is 7.30. The first-order valence-corrected chi connectivity index (χ1v) is 9.12. The molecule has 2 aromatic rings. The lowest BCUT2D eigenvalue weighted by Crippen LogP contribution is -2.33. The summed E-state index contributed by atoms with van der Waals surface area (Å²) in [5.41, 5.74) is -0.344. The number of aromatic nitrogens is 3. The van der Waals surface area contributed by atoms with Crippen LogP contribution < -0.4 is 10.2 Å². The van der Waals surface area contributed by atoms with Crippen molar-refractivity contribution in [3.05, 3.63) is 35.8 Å². The summed E-state index contributed by atoms with van der Waals surface area (Å²) in [4.78, 5) is 5.76. The predicted octanol–water partition coefficient (Wildman–Crippen LogP) is 1.66. The average Bonchev–Trinajstić information content (AvgIpc) is 2.95. The summed E-state index contributed by atoms with van der Waals surface area (Å²) >= 11 is 0. The third kappa shape index (κ3) is 3.65. The van der Waals surface area contributed by atoms with Crippen molar-refractivity contribution in [3.8, 4) is 0 Å². The van der Waals surface area contributed by atoms with Crippen LogP contribution in [-0.2, 0) is 9.84 Å². The second-order valence-corrected chi connectivity index (χ2v) is 7.88. The molecular weight excluding hydrogens is 359 g/mol. The van der Waals surface area contributed by atoms with Gasteiger partial charge >= 0.3 is 0 Å². The Labute approximate surface area is 141 Å². The van der Waals surface area contributed by atoms with Gasteiger partial charge in [0.2, 0.25) is 5.95 Å². The van der Waals surface area contributed by atoms with Gasteiger partial charge in [0.25, 0.3) is 0 Å². The monoisotopic (exact) mass is 373 g/mol. The Morgan fingerprint density at radius 2 is 2.00 bits per heavy atom. The van der Waals surface area contributed by atoms with Crippen LogP contribution in [0.5, 0.6) is 0 Å². The quantitative estimate of drug-likeness (QED) is 0.816. The van der Waals surface area contributed by atoms with E-state index in [-0.39, 0.29) is 29.2 Å². The Bertz CT molecular complexity index is 909. The van der Waals surface area contributed by atoms with Crippen molar-refractivity contribution in [1.82, 2.24) is 15.2 Å². The molecular formula is C14H14F3N5O2S. The highest BCUT2D eigenvalue weighted by atomic mass is 32.2. The van der Waals surface area contributed by atoms with Crippen molar-refractivity contribution >= 4 is 27.3 Å². The lowest BCUT2D eigenvalue weighted by molar-refractivity contribution is 0.449. The first-order chi connectivity index (χ1) is 11.8. The van der Waals surface area contributed by atoms with Crippen molar-refractivity contribution in [1.29, 1.82) is 0 Å². The first kappa shape index (κ1) is 17.4. The summed E-state index contributed by atoms with van der Waals surface area (Å²) in [5.74, 6) is -4.01. The average molecular weight is 373 g/mol. The van der Waals surface area contributed by atoms with E-state index in [0.717, 1.165) is 12.1 Å². The summed E-state index contributed by atoms with van der Waals surface area (Å²) in [6.07, 6.45) is 1.79. The van der Waals surface area contributed by atoms with E-state index in [9.17, 15) is 21.6 Å². The van der Waals surface area contributed by atoms with Gasteiger partial charge in [0.05, 0.1) is 23.4 Å². The number of rotatable bonds is 4. The van der Waals surface area contributed by atoms with Crippen LogP contribution in [0, 0.1) is 17.5 Å². The molecule has 0 radical (unpaired) electrons. The number of benzene rings is 1. The smallest absolute Gasteiger partial charge is 0.249 e. The van der Waals surface area contributed by atoms with Crippen molar-refractivity contribution in [2.45, 2.75) is 12.5 Å². The Kier molecular flexibility index (Phi) is 4.50. The van der Waals surface area contributed by atoms with E-state index >= 15 is 0 Å². The fraction of sp³-hybridized carbons (Fsp3) is 0.357. The van der Waals surface area contributed by atoms with E-state index in [1.165, 1.54) is 6.20 Å². The van der Waals surface area contributed by atoms with Crippen LogP contribution >= 0.6 is 0 Å². The molecule has 0 aliphatic carbocycles. The van der Waals surface area contributed by atoms with Crippen LogP contribution in [0.3, 0.4) is 0 Å². The topological polar surface area (TPSA) is 88.1 Å².